The molecule has 0 N–H and O–H groups in total. The van der Waals surface area contributed by atoms with Crippen molar-refractivity contribution in [3.63, 3.8) is 0 Å². The molecule has 0 saturated carbocycles. The zero-order valence-corrected chi connectivity index (χ0v) is 12.7. The summed E-state index contributed by atoms with van der Waals surface area (Å²) < 4.78 is 5.14. The molecule has 0 radical (unpaired) electrons. The van der Waals surface area contributed by atoms with Gasteiger partial charge in [0.15, 0.2) is 11.2 Å². The van der Waals surface area contributed by atoms with Gasteiger partial charge in [0, 0.05) is 5.56 Å². The number of ketones is 1. The first kappa shape index (κ1) is 15.5. The van der Waals surface area contributed by atoms with Crippen LogP contribution >= 0.6 is 0 Å². The first-order chi connectivity index (χ1) is 10.2. The normalized spacial score (nSPS) is 19.8. The van der Waals surface area contributed by atoms with Crippen molar-refractivity contribution >= 4 is 11.8 Å². The summed E-state index contributed by atoms with van der Waals surface area (Å²) in [5.74, 6) is -0.585. The lowest BCUT2D eigenvalue weighted by molar-refractivity contribution is -0.146. The molecule has 1 unspecified atom stereocenters. The van der Waals surface area contributed by atoms with Gasteiger partial charge >= 0.3 is 5.97 Å². The molecule has 1 aliphatic carbocycles. The summed E-state index contributed by atoms with van der Waals surface area (Å²) in [4.78, 5) is 25.0. The maximum Gasteiger partial charge on any atom is 0.328 e. The van der Waals surface area contributed by atoms with Gasteiger partial charge in [-0.1, -0.05) is 56.2 Å². The lowest BCUT2D eigenvalue weighted by Gasteiger charge is -2.16. The van der Waals surface area contributed by atoms with Gasteiger partial charge in [0.1, 0.15) is 0 Å². The molecule has 1 aromatic rings. The molecule has 3 heteroatoms. The second-order valence-electron chi connectivity index (χ2n) is 5.35. The number of benzene rings is 1. The maximum absolute atomic E-state index is 12.7. The van der Waals surface area contributed by atoms with E-state index in [1.165, 1.54) is 0 Å². The Labute approximate surface area is 126 Å². The van der Waals surface area contributed by atoms with E-state index in [0.29, 0.717) is 12.2 Å². The summed E-state index contributed by atoms with van der Waals surface area (Å²) in [6, 6.07) is 8.98. The quantitative estimate of drug-likeness (QED) is 0.239. The molecule has 0 aromatic heterocycles. The number of hydrogen-bond donors (Lipinski definition) is 0. The summed E-state index contributed by atoms with van der Waals surface area (Å²) in [6.07, 6.45) is 5.81. The molecule has 0 fully saturated rings. The number of esters is 1. The number of carbonyl (C=O) groups excluding carboxylic acids is 2. The van der Waals surface area contributed by atoms with Gasteiger partial charge < -0.3 is 4.74 Å². The number of rotatable bonds is 8. The van der Waals surface area contributed by atoms with Crippen molar-refractivity contribution in [2.24, 2.45) is 5.41 Å². The molecule has 1 atom stereocenters. The largest absolute Gasteiger partial charge is 0.465 e. The molecule has 0 saturated heterocycles. The first-order valence-electron chi connectivity index (χ1n) is 7.66. The summed E-state index contributed by atoms with van der Waals surface area (Å²) in [6.45, 7) is 4.19. The molecule has 1 aliphatic rings. The monoisotopic (exact) mass is 286 g/mol. The smallest absolute Gasteiger partial charge is 0.328 e. The Hall–Kier alpha value is -1.90. The molecule has 3 nitrogen and oxygen atoms in total. The molecule has 112 valence electrons. The lowest BCUT2D eigenvalue weighted by atomic mass is 9.88. The van der Waals surface area contributed by atoms with E-state index in [9.17, 15) is 9.59 Å². The summed E-state index contributed by atoms with van der Waals surface area (Å²) >= 11 is 0. The van der Waals surface area contributed by atoms with Crippen LogP contribution in [0.3, 0.4) is 0 Å². The Morgan fingerprint density at radius 3 is 2.43 bits per heavy atom. The Morgan fingerprint density at radius 2 is 1.81 bits per heavy atom. The molecular weight excluding hydrogens is 264 g/mol. The van der Waals surface area contributed by atoms with Gasteiger partial charge in [-0.2, -0.15) is 0 Å². The van der Waals surface area contributed by atoms with Gasteiger partial charge in [-0.25, -0.2) is 0 Å². The van der Waals surface area contributed by atoms with Crippen LogP contribution in [0.5, 0.6) is 0 Å². The third kappa shape index (κ3) is 3.07. The van der Waals surface area contributed by atoms with Crippen LogP contribution in [0.15, 0.2) is 42.0 Å². The highest BCUT2D eigenvalue weighted by molar-refractivity contribution is 6.20. The minimum atomic E-state index is -1.12. The van der Waals surface area contributed by atoms with E-state index in [1.54, 1.807) is 25.1 Å². The number of carbonyl (C=O) groups is 2. The molecule has 0 heterocycles. The van der Waals surface area contributed by atoms with Crippen molar-refractivity contribution < 1.29 is 14.3 Å². The fourth-order valence-electron chi connectivity index (χ4n) is 2.62. The second-order valence-corrected chi connectivity index (χ2v) is 5.35. The maximum atomic E-state index is 12.7. The fourth-order valence-corrected chi connectivity index (χ4v) is 2.62. The molecule has 2 rings (SSSR count). The molecule has 0 amide bonds. The Kier molecular flexibility index (Phi) is 4.94. The van der Waals surface area contributed by atoms with E-state index < -0.39 is 11.4 Å². The minimum Gasteiger partial charge on any atom is -0.465 e. The summed E-state index contributed by atoms with van der Waals surface area (Å²) in [5, 5.41) is 0. The SMILES string of the molecule is CCCCCC1=CC1(C(=O)OCC)C(=O)c1ccccc1. The Balaban J connectivity index is 2.16. The van der Waals surface area contributed by atoms with Gasteiger partial charge in [0.05, 0.1) is 6.61 Å². The van der Waals surface area contributed by atoms with Gasteiger partial charge in [-0.3, -0.25) is 9.59 Å². The Bertz CT molecular complexity index is 545. The van der Waals surface area contributed by atoms with Crippen LogP contribution in [-0.2, 0) is 9.53 Å². The number of hydrogen-bond acceptors (Lipinski definition) is 3. The van der Waals surface area contributed by atoms with Gasteiger partial charge in [-0.05, 0) is 25.3 Å². The zero-order valence-electron chi connectivity index (χ0n) is 12.7. The average Bonchev–Trinajstić information content (AvgIpc) is 3.23. The van der Waals surface area contributed by atoms with E-state index in [-0.39, 0.29) is 5.78 Å². The van der Waals surface area contributed by atoms with Crippen molar-refractivity contribution in [3.8, 4) is 0 Å². The van der Waals surface area contributed by atoms with E-state index in [2.05, 4.69) is 6.92 Å². The van der Waals surface area contributed by atoms with E-state index in [0.717, 1.165) is 31.3 Å². The Morgan fingerprint density at radius 1 is 1.10 bits per heavy atom. The number of ether oxygens (including phenoxy) is 1. The van der Waals surface area contributed by atoms with Crippen LogP contribution in [0.25, 0.3) is 0 Å². The van der Waals surface area contributed by atoms with Gasteiger partial charge in [0.25, 0.3) is 0 Å². The van der Waals surface area contributed by atoms with Crippen molar-refractivity contribution in [3.05, 3.63) is 47.5 Å². The summed E-state index contributed by atoms with van der Waals surface area (Å²) in [5.41, 5.74) is 0.362. The predicted octanol–water partition coefficient (Wildman–Crippen LogP) is 3.94. The minimum absolute atomic E-state index is 0.159. The van der Waals surface area contributed by atoms with Crippen molar-refractivity contribution in [2.75, 3.05) is 6.61 Å². The second kappa shape index (κ2) is 6.70. The van der Waals surface area contributed by atoms with Crippen LogP contribution in [0.2, 0.25) is 0 Å². The van der Waals surface area contributed by atoms with Gasteiger partial charge in [-0.15, -0.1) is 0 Å². The fraction of sp³-hybridized carbons (Fsp3) is 0.444. The van der Waals surface area contributed by atoms with E-state index in [4.69, 9.17) is 4.74 Å². The third-order valence-corrected chi connectivity index (χ3v) is 3.86. The third-order valence-electron chi connectivity index (χ3n) is 3.86. The van der Waals surface area contributed by atoms with Crippen LogP contribution in [0.4, 0.5) is 0 Å². The van der Waals surface area contributed by atoms with Crippen molar-refractivity contribution in [2.45, 2.75) is 39.5 Å². The van der Waals surface area contributed by atoms with Gasteiger partial charge in [0.2, 0.25) is 0 Å². The van der Waals surface area contributed by atoms with Crippen LogP contribution in [0, 0.1) is 5.41 Å². The molecule has 1 aromatic carbocycles. The topological polar surface area (TPSA) is 43.4 Å². The van der Waals surface area contributed by atoms with E-state index >= 15 is 0 Å². The van der Waals surface area contributed by atoms with Crippen molar-refractivity contribution in [1.82, 2.24) is 0 Å². The summed E-state index contributed by atoms with van der Waals surface area (Å²) in [7, 11) is 0. The predicted molar refractivity (Wildman–Crippen MR) is 82.1 cm³/mol. The van der Waals surface area contributed by atoms with E-state index in [1.807, 2.05) is 18.2 Å². The number of Topliss-reactive ketones (excluding diaryl/α,β-unsaturated/α-hetero) is 1. The van der Waals surface area contributed by atoms with Crippen LogP contribution in [-0.4, -0.2) is 18.4 Å². The molecular formula is C18H22O3. The van der Waals surface area contributed by atoms with Crippen LogP contribution in [0.1, 0.15) is 49.9 Å². The highest BCUT2D eigenvalue weighted by Gasteiger charge is 2.57. The first-order valence-corrected chi connectivity index (χ1v) is 7.66. The molecule has 0 bridgehead atoms. The molecule has 0 aliphatic heterocycles. The highest BCUT2D eigenvalue weighted by atomic mass is 16.5. The molecule has 21 heavy (non-hydrogen) atoms. The van der Waals surface area contributed by atoms with Crippen LogP contribution < -0.4 is 0 Å². The molecule has 0 spiro atoms. The van der Waals surface area contributed by atoms with Crippen molar-refractivity contribution in [1.29, 1.82) is 0 Å². The number of unbranched alkanes of at least 4 members (excludes halogenated alkanes) is 2. The highest BCUT2D eigenvalue weighted by Crippen LogP contribution is 2.50. The zero-order chi connectivity index (χ0) is 15.3. The standard InChI is InChI=1S/C18H22O3/c1-3-5-7-12-15-13-18(15,17(20)21-4-2)16(19)14-10-8-6-9-11-14/h6,8-11,13H,3-5,7,12H2,1-2H3. The lowest BCUT2D eigenvalue weighted by Crippen LogP contribution is -2.31. The average molecular weight is 286 g/mol.